The normalized spacial score (nSPS) is 10.9. The number of amides is 1. The number of carbonyl (C=O) groups excluding carboxylic acids is 1. The fraction of sp³-hybridized carbons (Fsp3) is 0.429. The van der Waals surface area contributed by atoms with E-state index >= 15 is 0 Å². The summed E-state index contributed by atoms with van der Waals surface area (Å²) in [6.07, 6.45) is 3.72. The largest absolute Gasteiger partial charge is 0.383 e. The third kappa shape index (κ3) is 3.34. The van der Waals surface area contributed by atoms with Crippen LogP contribution in [-0.2, 0) is 22.6 Å². The minimum atomic E-state index is -0.0411. The number of hydrogen-bond donors (Lipinski definition) is 2. The first kappa shape index (κ1) is 14.5. The number of fused-ring (bicyclic) bond motifs is 1. The van der Waals surface area contributed by atoms with E-state index in [1.54, 1.807) is 13.3 Å². The molecule has 2 N–H and O–H groups in total. The Bertz CT molecular complexity index is 580. The third-order valence-electron chi connectivity index (χ3n) is 3.03. The van der Waals surface area contributed by atoms with Crippen molar-refractivity contribution in [1.82, 2.24) is 20.2 Å². The van der Waals surface area contributed by atoms with Crippen LogP contribution >= 0.6 is 0 Å². The third-order valence-corrected chi connectivity index (χ3v) is 3.03. The summed E-state index contributed by atoms with van der Waals surface area (Å²) in [5.74, 6) is -0.0411. The van der Waals surface area contributed by atoms with Crippen molar-refractivity contribution in [3.8, 4) is 0 Å². The van der Waals surface area contributed by atoms with Crippen LogP contribution in [0.15, 0.2) is 24.5 Å². The molecule has 108 valence electrons. The van der Waals surface area contributed by atoms with E-state index in [2.05, 4.69) is 15.6 Å². The molecule has 0 saturated carbocycles. The molecule has 0 aromatic carbocycles. The van der Waals surface area contributed by atoms with E-state index in [1.165, 1.54) is 0 Å². The van der Waals surface area contributed by atoms with Gasteiger partial charge >= 0.3 is 0 Å². The van der Waals surface area contributed by atoms with Crippen LogP contribution in [0.4, 0.5) is 0 Å². The highest BCUT2D eigenvalue weighted by molar-refractivity contribution is 5.83. The van der Waals surface area contributed by atoms with E-state index in [9.17, 15) is 4.79 Å². The predicted octanol–water partition coefficient (Wildman–Crippen LogP) is 0.518. The predicted molar refractivity (Wildman–Crippen MR) is 77.4 cm³/mol. The van der Waals surface area contributed by atoms with Gasteiger partial charge in [0.25, 0.3) is 0 Å². The molecule has 0 bridgehead atoms. The molecule has 0 fully saturated rings. The van der Waals surface area contributed by atoms with Crippen molar-refractivity contribution in [2.75, 3.05) is 27.3 Å². The van der Waals surface area contributed by atoms with E-state index in [4.69, 9.17) is 4.74 Å². The number of pyridine rings is 1. The monoisotopic (exact) mass is 276 g/mol. The van der Waals surface area contributed by atoms with Gasteiger partial charge < -0.3 is 19.9 Å². The van der Waals surface area contributed by atoms with Gasteiger partial charge in [0.2, 0.25) is 5.91 Å². The zero-order valence-electron chi connectivity index (χ0n) is 11.8. The van der Waals surface area contributed by atoms with Gasteiger partial charge in [-0.05, 0) is 24.7 Å². The summed E-state index contributed by atoms with van der Waals surface area (Å²) in [7, 11) is 3.51. The lowest BCUT2D eigenvalue weighted by atomic mass is 10.2. The Kier molecular flexibility index (Phi) is 5.09. The first-order valence-electron chi connectivity index (χ1n) is 6.59. The molecule has 0 aliphatic rings. The standard InChI is InChI=1S/C14H20N4O2/c1-15-8-11-9-18(10-13(19)16-6-7-20-2)14-12(11)4-3-5-17-14/h3-5,9,15H,6-8,10H2,1-2H3,(H,16,19). The van der Waals surface area contributed by atoms with Crippen molar-refractivity contribution >= 4 is 16.9 Å². The SMILES string of the molecule is CNCc1cn(CC(=O)NCCOC)c2ncccc12. The lowest BCUT2D eigenvalue weighted by molar-refractivity contribution is -0.121. The Balaban J connectivity index is 2.15. The molecule has 0 aliphatic heterocycles. The van der Waals surface area contributed by atoms with Crippen molar-refractivity contribution in [1.29, 1.82) is 0 Å². The molecule has 2 aromatic rings. The number of ether oxygens (including phenoxy) is 1. The highest BCUT2D eigenvalue weighted by Gasteiger charge is 2.11. The zero-order valence-corrected chi connectivity index (χ0v) is 11.8. The Morgan fingerprint density at radius 3 is 3.10 bits per heavy atom. The van der Waals surface area contributed by atoms with Crippen molar-refractivity contribution in [2.45, 2.75) is 13.1 Å². The van der Waals surface area contributed by atoms with Crippen molar-refractivity contribution < 1.29 is 9.53 Å². The van der Waals surface area contributed by atoms with Crippen LogP contribution in [0.3, 0.4) is 0 Å². The maximum absolute atomic E-state index is 11.9. The molecule has 6 nitrogen and oxygen atoms in total. The van der Waals surface area contributed by atoms with Gasteiger partial charge in [0, 0.05) is 38.0 Å². The molecular formula is C14H20N4O2. The fourth-order valence-corrected chi connectivity index (χ4v) is 2.15. The molecule has 20 heavy (non-hydrogen) atoms. The lowest BCUT2D eigenvalue weighted by Crippen LogP contribution is -2.30. The van der Waals surface area contributed by atoms with E-state index < -0.39 is 0 Å². The topological polar surface area (TPSA) is 68.2 Å². The van der Waals surface area contributed by atoms with Crippen molar-refractivity contribution in [2.24, 2.45) is 0 Å². The summed E-state index contributed by atoms with van der Waals surface area (Å²) in [6, 6.07) is 3.93. The van der Waals surface area contributed by atoms with Crippen LogP contribution in [0.25, 0.3) is 11.0 Å². The minimum absolute atomic E-state index is 0.0411. The smallest absolute Gasteiger partial charge is 0.240 e. The van der Waals surface area contributed by atoms with Crippen molar-refractivity contribution in [3.63, 3.8) is 0 Å². The van der Waals surface area contributed by atoms with Crippen LogP contribution in [0.2, 0.25) is 0 Å². The molecule has 1 amide bonds. The maximum Gasteiger partial charge on any atom is 0.240 e. The second kappa shape index (κ2) is 7.02. The van der Waals surface area contributed by atoms with E-state index in [1.807, 2.05) is 29.9 Å². The van der Waals surface area contributed by atoms with Crippen LogP contribution in [-0.4, -0.2) is 42.8 Å². The van der Waals surface area contributed by atoms with Gasteiger partial charge in [0.05, 0.1) is 6.61 Å². The number of hydrogen-bond acceptors (Lipinski definition) is 4. The van der Waals surface area contributed by atoms with Gasteiger partial charge in [-0.25, -0.2) is 4.98 Å². The second-order valence-corrected chi connectivity index (χ2v) is 4.53. The summed E-state index contributed by atoms with van der Waals surface area (Å²) >= 11 is 0. The minimum Gasteiger partial charge on any atom is -0.383 e. The summed E-state index contributed by atoms with van der Waals surface area (Å²) in [5, 5.41) is 7.01. The molecule has 2 aromatic heterocycles. The van der Waals surface area contributed by atoms with Crippen LogP contribution in [0, 0.1) is 0 Å². The Morgan fingerprint density at radius 1 is 1.50 bits per heavy atom. The molecule has 0 saturated heterocycles. The number of nitrogens with zero attached hydrogens (tertiary/aromatic N) is 2. The Labute approximate surface area is 118 Å². The highest BCUT2D eigenvalue weighted by Crippen LogP contribution is 2.18. The molecule has 0 radical (unpaired) electrons. The van der Waals surface area contributed by atoms with E-state index in [-0.39, 0.29) is 12.5 Å². The van der Waals surface area contributed by atoms with Crippen LogP contribution in [0.1, 0.15) is 5.56 Å². The van der Waals surface area contributed by atoms with Gasteiger partial charge in [0.15, 0.2) is 0 Å². The summed E-state index contributed by atoms with van der Waals surface area (Å²) in [6.45, 7) is 2.05. The molecule has 0 unspecified atom stereocenters. The van der Waals surface area contributed by atoms with E-state index in [0.29, 0.717) is 13.2 Å². The van der Waals surface area contributed by atoms with Crippen molar-refractivity contribution in [3.05, 3.63) is 30.1 Å². The molecule has 0 atom stereocenters. The van der Waals surface area contributed by atoms with Gasteiger partial charge in [-0.2, -0.15) is 0 Å². The number of carbonyl (C=O) groups is 1. The quantitative estimate of drug-likeness (QED) is 0.723. The van der Waals surface area contributed by atoms with Gasteiger partial charge in [0.1, 0.15) is 12.2 Å². The fourth-order valence-electron chi connectivity index (χ4n) is 2.15. The summed E-state index contributed by atoms with van der Waals surface area (Å²) in [5.41, 5.74) is 1.97. The first-order chi connectivity index (χ1) is 9.76. The molecular weight excluding hydrogens is 256 g/mol. The number of nitrogens with one attached hydrogen (secondary N) is 2. The Morgan fingerprint density at radius 2 is 2.35 bits per heavy atom. The second-order valence-electron chi connectivity index (χ2n) is 4.53. The lowest BCUT2D eigenvalue weighted by Gasteiger charge is -2.06. The Hall–Kier alpha value is -1.92. The molecule has 0 spiro atoms. The summed E-state index contributed by atoms with van der Waals surface area (Å²) < 4.78 is 6.79. The number of aromatic nitrogens is 2. The first-order valence-corrected chi connectivity index (χ1v) is 6.59. The highest BCUT2D eigenvalue weighted by atomic mass is 16.5. The maximum atomic E-state index is 11.9. The van der Waals surface area contributed by atoms with Gasteiger partial charge in [-0.1, -0.05) is 0 Å². The van der Waals surface area contributed by atoms with Gasteiger partial charge in [-0.15, -0.1) is 0 Å². The average Bonchev–Trinajstić information content (AvgIpc) is 2.78. The molecule has 2 rings (SSSR count). The molecule has 6 heteroatoms. The average molecular weight is 276 g/mol. The number of methoxy groups -OCH3 is 1. The molecule has 0 aliphatic carbocycles. The summed E-state index contributed by atoms with van der Waals surface area (Å²) in [4.78, 5) is 16.2. The number of rotatable bonds is 7. The molecule has 2 heterocycles. The van der Waals surface area contributed by atoms with Gasteiger partial charge in [-0.3, -0.25) is 4.79 Å². The van der Waals surface area contributed by atoms with Crippen LogP contribution < -0.4 is 10.6 Å². The van der Waals surface area contributed by atoms with E-state index in [0.717, 1.165) is 23.1 Å². The zero-order chi connectivity index (χ0) is 14.4. The van der Waals surface area contributed by atoms with Crippen LogP contribution in [0.5, 0.6) is 0 Å².